The minimum atomic E-state index is 0.758. The average Bonchev–Trinajstić information content (AvgIpc) is 2.49. The highest BCUT2D eigenvalue weighted by Gasteiger charge is 2.04. The molecule has 0 amide bonds. The Morgan fingerprint density at radius 2 is 2.42 bits per heavy atom. The highest BCUT2D eigenvalue weighted by atomic mass is 79.9. The molecule has 0 fully saturated rings. The van der Waals surface area contributed by atoms with Crippen molar-refractivity contribution in [3.8, 4) is 0 Å². The van der Waals surface area contributed by atoms with E-state index in [9.17, 15) is 0 Å². The number of H-pyrrole nitrogens is 1. The van der Waals surface area contributed by atoms with E-state index in [1.807, 2.05) is 12.3 Å². The number of hydrogen-bond acceptors (Lipinski definition) is 3. The number of halogens is 1. The fourth-order valence-corrected chi connectivity index (χ4v) is 1.73. The Morgan fingerprint density at radius 1 is 1.58 bits per heavy atom. The van der Waals surface area contributed by atoms with E-state index < -0.39 is 0 Å². The Hall–Kier alpha value is -0.550. The van der Waals surface area contributed by atoms with E-state index in [1.165, 1.54) is 0 Å². The van der Waals surface area contributed by atoms with Crippen molar-refractivity contribution in [3.63, 3.8) is 0 Å². The summed E-state index contributed by atoms with van der Waals surface area (Å²) in [5.74, 6) is 0. The molecule has 0 aliphatic heterocycles. The third-order valence-electron chi connectivity index (χ3n) is 1.51. The maximum absolute atomic E-state index is 4.26. The first kappa shape index (κ1) is 8.07. The number of aromatic nitrogens is 3. The van der Waals surface area contributed by atoms with Crippen molar-refractivity contribution >= 4 is 38.9 Å². The van der Waals surface area contributed by atoms with Crippen molar-refractivity contribution in [2.24, 2.45) is 0 Å². The lowest BCUT2D eigenvalue weighted by Gasteiger charge is -1.88. The number of hydrogen-bond donors (Lipinski definition) is 1. The molecule has 62 valence electrons. The standard InChI is InChI=1S/C7H6BrN3S/c1-12-7-10-5-4(8)2-3-9-6(5)11-7/h2-3H,1H3,(H,9,10,11). The van der Waals surface area contributed by atoms with Crippen molar-refractivity contribution in [1.29, 1.82) is 0 Å². The van der Waals surface area contributed by atoms with Gasteiger partial charge in [0.1, 0.15) is 0 Å². The molecular formula is C7H6BrN3S. The monoisotopic (exact) mass is 243 g/mol. The highest BCUT2D eigenvalue weighted by molar-refractivity contribution is 9.10. The Bertz CT molecular complexity index is 412. The first-order chi connectivity index (χ1) is 5.81. The van der Waals surface area contributed by atoms with Crippen LogP contribution < -0.4 is 0 Å². The first-order valence-corrected chi connectivity index (χ1v) is 5.37. The van der Waals surface area contributed by atoms with Gasteiger partial charge in [-0.05, 0) is 28.3 Å². The number of thioether (sulfide) groups is 1. The van der Waals surface area contributed by atoms with Crippen molar-refractivity contribution < 1.29 is 0 Å². The van der Waals surface area contributed by atoms with Gasteiger partial charge in [0.25, 0.3) is 0 Å². The molecule has 0 spiro atoms. The largest absolute Gasteiger partial charge is 0.331 e. The zero-order valence-corrected chi connectivity index (χ0v) is 8.74. The highest BCUT2D eigenvalue weighted by Crippen LogP contribution is 2.22. The third kappa shape index (κ3) is 1.23. The van der Waals surface area contributed by atoms with Gasteiger partial charge in [0.05, 0.1) is 5.52 Å². The van der Waals surface area contributed by atoms with E-state index in [0.29, 0.717) is 0 Å². The SMILES string of the molecule is CSc1nc2nccc(Br)c2[nH]1. The van der Waals surface area contributed by atoms with Crippen molar-refractivity contribution in [2.45, 2.75) is 5.16 Å². The minimum Gasteiger partial charge on any atom is -0.331 e. The molecule has 12 heavy (non-hydrogen) atoms. The van der Waals surface area contributed by atoms with Gasteiger partial charge in [0.2, 0.25) is 0 Å². The van der Waals surface area contributed by atoms with Crippen LogP contribution in [-0.4, -0.2) is 21.2 Å². The van der Waals surface area contributed by atoms with Crippen LogP contribution in [0.3, 0.4) is 0 Å². The smallest absolute Gasteiger partial charge is 0.179 e. The number of nitrogens with zero attached hydrogens (tertiary/aromatic N) is 2. The quantitative estimate of drug-likeness (QED) is 0.783. The summed E-state index contributed by atoms with van der Waals surface area (Å²) >= 11 is 4.99. The number of pyridine rings is 1. The molecule has 2 aromatic heterocycles. The van der Waals surface area contributed by atoms with Crippen LogP contribution in [0.15, 0.2) is 21.9 Å². The molecule has 5 heteroatoms. The molecule has 0 atom stereocenters. The second-order valence-corrected chi connectivity index (χ2v) is 3.89. The molecule has 0 aliphatic carbocycles. The fraction of sp³-hybridized carbons (Fsp3) is 0.143. The summed E-state index contributed by atoms with van der Waals surface area (Å²) in [5, 5.41) is 0.893. The number of fused-ring (bicyclic) bond motifs is 1. The maximum atomic E-state index is 4.26. The Labute approximate surface area is 82.1 Å². The third-order valence-corrected chi connectivity index (χ3v) is 2.75. The molecule has 0 bridgehead atoms. The first-order valence-electron chi connectivity index (χ1n) is 3.35. The van der Waals surface area contributed by atoms with Gasteiger partial charge in [-0.2, -0.15) is 0 Å². The van der Waals surface area contributed by atoms with Crippen LogP contribution in [0.25, 0.3) is 11.2 Å². The number of aromatic amines is 1. The number of imidazole rings is 1. The Morgan fingerprint density at radius 3 is 3.08 bits per heavy atom. The van der Waals surface area contributed by atoms with E-state index in [-0.39, 0.29) is 0 Å². The van der Waals surface area contributed by atoms with Gasteiger partial charge in [-0.3, -0.25) is 0 Å². The van der Waals surface area contributed by atoms with Gasteiger partial charge in [-0.1, -0.05) is 11.8 Å². The molecule has 0 unspecified atom stereocenters. The van der Waals surface area contributed by atoms with Crippen LogP contribution in [0.4, 0.5) is 0 Å². The van der Waals surface area contributed by atoms with Gasteiger partial charge in [-0.15, -0.1) is 0 Å². The molecule has 0 saturated heterocycles. The summed E-state index contributed by atoms with van der Waals surface area (Å²) in [4.78, 5) is 11.5. The van der Waals surface area contributed by atoms with E-state index in [1.54, 1.807) is 18.0 Å². The summed E-state index contributed by atoms with van der Waals surface area (Å²) in [6.07, 6.45) is 3.71. The normalized spacial score (nSPS) is 10.8. The fourth-order valence-electron chi connectivity index (χ4n) is 0.956. The lowest BCUT2D eigenvalue weighted by atomic mass is 10.4. The van der Waals surface area contributed by atoms with Gasteiger partial charge < -0.3 is 4.98 Å². The van der Waals surface area contributed by atoms with Gasteiger partial charge in [0, 0.05) is 10.7 Å². The number of rotatable bonds is 1. The Kier molecular flexibility index (Phi) is 2.06. The second-order valence-electron chi connectivity index (χ2n) is 2.24. The van der Waals surface area contributed by atoms with Crippen LogP contribution in [0.5, 0.6) is 0 Å². The molecule has 0 aliphatic rings. The van der Waals surface area contributed by atoms with E-state index in [4.69, 9.17) is 0 Å². The molecule has 2 heterocycles. The van der Waals surface area contributed by atoms with Gasteiger partial charge in [0.15, 0.2) is 10.8 Å². The van der Waals surface area contributed by atoms with Crippen LogP contribution >= 0.6 is 27.7 Å². The number of nitrogens with one attached hydrogen (secondary N) is 1. The van der Waals surface area contributed by atoms with Crippen molar-refractivity contribution in [2.75, 3.05) is 6.26 Å². The van der Waals surface area contributed by atoms with E-state index >= 15 is 0 Å². The average molecular weight is 244 g/mol. The molecular weight excluding hydrogens is 238 g/mol. The predicted octanol–water partition coefficient (Wildman–Crippen LogP) is 2.44. The van der Waals surface area contributed by atoms with Crippen molar-refractivity contribution in [3.05, 3.63) is 16.7 Å². The zero-order valence-electron chi connectivity index (χ0n) is 6.34. The van der Waals surface area contributed by atoms with Crippen LogP contribution in [0.2, 0.25) is 0 Å². The van der Waals surface area contributed by atoms with E-state index in [0.717, 1.165) is 20.8 Å². The summed E-state index contributed by atoms with van der Waals surface area (Å²) in [6, 6.07) is 1.89. The molecule has 2 rings (SSSR count). The van der Waals surface area contributed by atoms with Crippen molar-refractivity contribution in [1.82, 2.24) is 15.0 Å². The molecule has 0 aromatic carbocycles. The van der Waals surface area contributed by atoms with Gasteiger partial charge >= 0.3 is 0 Å². The molecule has 2 aromatic rings. The summed E-state index contributed by atoms with van der Waals surface area (Å²) in [5.41, 5.74) is 1.72. The zero-order chi connectivity index (χ0) is 8.55. The minimum absolute atomic E-state index is 0.758. The van der Waals surface area contributed by atoms with Gasteiger partial charge in [-0.25, -0.2) is 9.97 Å². The van der Waals surface area contributed by atoms with Crippen LogP contribution in [-0.2, 0) is 0 Å². The van der Waals surface area contributed by atoms with Crippen LogP contribution in [0, 0.1) is 0 Å². The molecule has 1 N–H and O–H groups in total. The maximum Gasteiger partial charge on any atom is 0.179 e. The summed E-state index contributed by atoms with van der Waals surface area (Å²) < 4.78 is 1.00. The summed E-state index contributed by atoms with van der Waals surface area (Å²) in [6.45, 7) is 0. The predicted molar refractivity (Wildman–Crippen MR) is 53.4 cm³/mol. The molecule has 0 radical (unpaired) electrons. The molecule has 3 nitrogen and oxygen atoms in total. The topological polar surface area (TPSA) is 41.6 Å². The van der Waals surface area contributed by atoms with E-state index in [2.05, 4.69) is 30.9 Å². The lowest BCUT2D eigenvalue weighted by molar-refractivity contribution is 1.08. The lowest BCUT2D eigenvalue weighted by Crippen LogP contribution is -1.75. The Balaban J connectivity index is 2.74. The second kappa shape index (κ2) is 3.06. The summed E-state index contributed by atoms with van der Waals surface area (Å²) in [7, 11) is 0. The molecule has 0 saturated carbocycles. The van der Waals surface area contributed by atoms with Crippen LogP contribution in [0.1, 0.15) is 0 Å².